The maximum absolute atomic E-state index is 12.2. The summed E-state index contributed by atoms with van der Waals surface area (Å²) < 4.78 is 5.31. The molecule has 0 saturated heterocycles. The molecule has 0 N–H and O–H groups in total. The zero-order valence-electron chi connectivity index (χ0n) is 11.6. The van der Waals surface area contributed by atoms with E-state index in [0.717, 1.165) is 22.4 Å². The van der Waals surface area contributed by atoms with Crippen LogP contribution in [0.1, 0.15) is 42.3 Å². The van der Waals surface area contributed by atoms with E-state index in [9.17, 15) is 4.79 Å². The lowest BCUT2D eigenvalue weighted by Crippen LogP contribution is -2.17. The van der Waals surface area contributed by atoms with Crippen molar-refractivity contribution in [2.45, 2.75) is 34.6 Å². The highest BCUT2D eigenvalue weighted by Crippen LogP contribution is 2.26. The zero-order valence-corrected chi connectivity index (χ0v) is 11.6. The van der Waals surface area contributed by atoms with Gasteiger partial charge in [-0.05, 0) is 43.0 Å². The van der Waals surface area contributed by atoms with E-state index in [1.807, 2.05) is 32.9 Å². The average Bonchev–Trinajstić information content (AvgIpc) is 2.26. The van der Waals surface area contributed by atoms with Crippen molar-refractivity contribution in [1.29, 1.82) is 0 Å². The minimum Gasteiger partial charge on any atom is -0.496 e. The van der Waals surface area contributed by atoms with Crippen molar-refractivity contribution >= 4 is 5.78 Å². The van der Waals surface area contributed by atoms with Crippen LogP contribution < -0.4 is 4.74 Å². The number of aryl methyl sites for hydroxylation is 2. The van der Waals surface area contributed by atoms with Gasteiger partial charge in [0.15, 0.2) is 5.78 Å². The van der Waals surface area contributed by atoms with Crippen LogP contribution >= 0.6 is 0 Å². The minimum absolute atomic E-state index is 0.0576. The van der Waals surface area contributed by atoms with Gasteiger partial charge in [0.25, 0.3) is 0 Å². The van der Waals surface area contributed by atoms with Crippen molar-refractivity contribution in [2.24, 2.45) is 11.8 Å². The van der Waals surface area contributed by atoms with Crippen LogP contribution in [0.4, 0.5) is 0 Å². The van der Waals surface area contributed by atoms with Gasteiger partial charge in [-0.25, -0.2) is 0 Å². The number of carbonyl (C=O) groups is 1. The van der Waals surface area contributed by atoms with Crippen LogP contribution in [0.5, 0.6) is 5.75 Å². The largest absolute Gasteiger partial charge is 0.496 e. The summed E-state index contributed by atoms with van der Waals surface area (Å²) in [5, 5.41) is 0. The maximum Gasteiger partial charge on any atom is 0.165 e. The van der Waals surface area contributed by atoms with Crippen molar-refractivity contribution in [3.05, 3.63) is 28.8 Å². The summed E-state index contributed by atoms with van der Waals surface area (Å²) in [5.41, 5.74) is 2.83. The smallest absolute Gasteiger partial charge is 0.165 e. The Morgan fingerprint density at radius 3 is 1.94 bits per heavy atom. The lowest BCUT2D eigenvalue weighted by atomic mass is 9.88. The molecule has 0 aliphatic rings. The Bertz CT molecular complexity index is 396. The fourth-order valence-corrected chi connectivity index (χ4v) is 1.98. The van der Waals surface area contributed by atoms with Crippen molar-refractivity contribution in [1.82, 2.24) is 0 Å². The second-order valence-electron chi connectivity index (χ2n) is 5.04. The Morgan fingerprint density at radius 2 is 1.59 bits per heavy atom. The van der Waals surface area contributed by atoms with Gasteiger partial charge in [-0.15, -0.1) is 0 Å². The van der Waals surface area contributed by atoms with Crippen molar-refractivity contribution in [3.8, 4) is 5.75 Å². The summed E-state index contributed by atoms with van der Waals surface area (Å²) in [7, 11) is 1.66. The predicted octanol–water partition coefficient (Wildman–Crippen LogP) is 3.79. The fraction of sp³-hybridized carbons (Fsp3) is 0.533. The molecule has 0 aromatic heterocycles. The van der Waals surface area contributed by atoms with Gasteiger partial charge in [-0.1, -0.05) is 20.8 Å². The molecule has 94 valence electrons. The highest BCUT2D eigenvalue weighted by Gasteiger charge is 2.19. The third-order valence-electron chi connectivity index (χ3n) is 3.36. The first-order chi connectivity index (χ1) is 7.88. The van der Waals surface area contributed by atoms with Crippen LogP contribution in [-0.2, 0) is 0 Å². The third-order valence-corrected chi connectivity index (χ3v) is 3.36. The van der Waals surface area contributed by atoms with Crippen LogP contribution in [0, 0.1) is 25.7 Å². The molecule has 0 spiro atoms. The van der Waals surface area contributed by atoms with Gasteiger partial charge in [-0.3, -0.25) is 4.79 Å². The number of methoxy groups -OCH3 is 1. The van der Waals surface area contributed by atoms with Crippen molar-refractivity contribution in [2.75, 3.05) is 7.11 Å². The third kappa shape index (κ3) is 2.87. The number of ether oxygens (including phenoxy) is 1. The lowest BCUT2D eigenvalue weighted by Gasteiger charge is -2.16. The molecule has 0 radical (unpaired) electrons. The van der Waals surface area contributed by atoms with Gasteiger partial charge >= 0.3 is 0 Å². The predicted molar refractivity (Wildman–Crippen MR) is 70.8 cm³/mol. The molecule has 17 heavy (non-hydrogen) atoms. The number of hydrogen-bond acceptors (Lipinski definition) is 2. The molecule has 2 nitrogen and oxygen atoms in total. The Balaban J connectivity index is 3.13. The van der Waals surface area contributed by atoms with Crippen LogP contribution in [0.2, 0.25) is 0 Å². The molecule has 1 aromatic rings. The van der Waals surface area contributed by atoms with E-state index in [-0.39, 0.29) is 11.7 Å². The van der Waals surface area contributed by atoms with E-state index in [1.165, 1.54) is 0 Å². The number of benzene rings is 1. The molecule has 1 rings (SSSR count). The standard InChI is InChI=1S/C15H22O2/c1-9(2)12(5)14(16)13-7-10(3)15(17-6)11(4)8-13/h7-9,12H,1-6H3. The molecule has 1 unspecified atom stereocenters. The second-order valence-corrected chi connectivity index (χ2v) is 5.04. The van der Waals surface area contributed by atoms with Crippen molar-refractivity contribution < 1.29 is 9.53 Å². The summed E-state index contributed by atoms with van der Waals surface area (Å²) >= 11 is 0. The number of rotatable bonds is 4. The normalized spacial score (nSPS) is 12.6. The monoisotopic (exact) mass is 234 g/mol. The topological polar surface area (TPSA) is 26.3 Å². The van der Waals surface area contributed by atoms with E-state index in [1.54, 1.807) is 7.11 Å². The van der Waals surface area contributed by atoms with E-state index in [4.69, 9.17) is 4.74 Å². The first-order valence-electron chi connectivity index (χ1n) is 6.08. The maximum atomic E-state index is 12.2. The average molecular weight is 234 g/mol. The quantitative estimate of drug-likeness (QED) is 0.741. The Hall–Kier alpha value is -1.31. The summed E-state index contributed by atoms with van der Waals surface area (Å²) in [4.78, 5) is 12.2. The molecule has 0 amide bonds. The summed E-state index contributed by atoms with van der Waals surface area (Å²) in [6.45, 7) is 10.1. The van der Waals surface area contributed by atoms with Gasteiger partial charge < -0.3 is 4.74 Å². The highest BCUT2D eigenvalue weighted by molar-refractivity contribution is 5.98. The minimum atomic E-state index is 0.0576. The molecule has 2 heteroatoms. The molecular weight excluding hydrogens is 212 g/mol. The zero-order chi connectivity index (χ0) is 13.2. The van der Waals surface area contributed by atoms with Crippen LogP contribution in [0.25, 0.3) is 0 Å². The first kappa shape index (κ1) is 13.8. The van der Waals surface area contributed by atoms with Gasteiger partial charge in [-0.2, -0.15) is 0 Å². The second kappa shape index (κ2) is 5.35. The van der Waals surface area contributed by atoms with Gasteiger partial charge in [0, 0.05) is 11.5 Å². The van der Waals surface area contributed by atoms with Gasteiger partial charge in [0.05, 0.1) is 7.11 Å². The Labute approximate surface area is 104 Å². The van der Waals surface area contributed by atoms with E-state index < -0.39 is 0 Å². The summed E-state index contributed by atoms with van der Waals surface area (Å²) in [5.74, 6) is 1.51. The van der Waals surface area contributed by atoms with Crippen LogP contribution in [0.15, 0.2) is 12.1 Å². The van der Waals surface area contributed by atoms with Gasteiger partial charge in [0.2, 0.25) is 0 Å². The Morgan fingerprint density at radius 1 is 1.12 bits per heavy atom. The number of hydrogen-bond donors (Lipinski definition) is 0. The number of carbonyl (C=O) groups excluding carboxylic acids is 1. The van der Waals surface area contributed by atoms with Crippen LogP contribution in [-0.4, -0.2) is 12.9 Å². The van der Waals surface area contributed by atoms with E-state index in [0.29, 0.717) is 5.92 Å². The summed E-state index contributed by atoms with van der Waals surface area (Å²) in [6, 6.07) is 3.85. The summed E-state index contributed by atoms with van der Waals surface area (Å²) in [6.07, 6.45) is 0. The molecule has 0 fully saturated rings. The fourth-order valence-electron chi connectivity index (χ4n) is 1.98. The Kier molecular flexibility index (Phi) is 4.33. The number of ketones is 1. The molecule has 0 saturated carbocycles. The molecule has 0 heterocycles. The molecule has 0 aliphatic heterocycles. The van der Waals surface area contributed by atoms with Gasteiger partial charge in [0.1, 0.15) is 5.75 Å². The molecule has 0 aliphatic carbocycles. The van der Waals surface area contributed by atoms with E-state index in [2.05, 4.69) is 13.8 Å². The lowest BCUT2D eigenvalue weighted by molar-refractivity contribution is 0.0899. The van der Waals surface area contributed by atoms with Crippen LogP contribution in [0.3, 0.4) is 0 Å². The molecular formula is C15H22O2. The molecule has 1 atom stereocenters. The van der Waals surface area contributed by atoms with Crippen molar-refractivity contribution in [3.63, 3.8) is 0 Å². The first-order valence-corrected chi connectivity index (χ1v) is 6.08. The highest BCUT2D eigenvalue weighted by atomic mass is 16.5. The number of Topliss-reactive ketones (excluding diaryl/α,β-unsaturated/α-hetero) is 1. The molecule has 0 bridgehead atoms. The SMILES string of the molecule is COc1c(C)cc(C(=O)C(C)C(C)C)cc1C. The molecule has 1 aromatic carbocycles. The van der Waals surface area contributed by atoms with E-state index >= 15 is 0 Å².